The van der Waals surface area contributed by atoms with E-state index in [0.717, 1.165) is 19.3 Å². The van der Waals surface area contributed by atoms with Gasteiger partial charge in [0.1, 0.15) is 0 Å². The molecule has 0 spiro atoms. The lowest BCUT2D eigenvalue weighted by Gasteiger charge is -2.07. The second-order valence-corrected chi connectivity index (χ2v) is 3.98. The van der Waals surface area contributed by atoms with Gasteiger partial charge < -0.3 is 16.4 Å². The van der Waals surface area contributed by atoms with Crippen LogP contribution in [0.4, 0.5) is 0 Å². The summed E-state index contributed by atoms with van der Waals surface area (Å²) in [6.07, 6.45) is 3.74. The summed E-state index contributed by atoms with van der Waals surface area (Å²) in [7, 11) is 0. The Balaban J connectivity index is 3.54. The van der Waals surface area contributed by atoms with E-state index in [1.807, 2.05) is 6.92 Å². The van der Waals surface area contributed by atoms with Gasteiger partial charge in [0.15, 0.2) is 0 Å². The summed E-state index contributed by atoms with van der Waals surface area (Å²) in [4.78, 5) is 22.5. The van der Waals surface area contributed by atoms with Crippen molar-refractivity contribution in [1.29, 1.82) is 0 Å². The molecule has 0 radical (unpaired) electrons. The minimum Gasteiger partial charge on any atom is -0.348 e. The SMILES string of the molecule is CCCCCNC(=O)C(=O)NCCC(C)N. The fourth-order valence-corrected chi connectivity index (χ4v) is 1.15. The van der Waals surface area contributed by atoms with Crippen LogP contribution in [0.1, 0.15) is 39.5 Å². The first-order valence-corrected chi connectivity index (χ1v) is 5.89. The predicted molar refractivity (Wildman–Crippen MR) is 63.8 cm³/mol. The molecule has 0 heterocycles. The Morgan fingerprint density at radius 1 is 1.12 bits per heavy atom. The molecular formula is C11H23N3O2. The second kappa shape index (κ2) is 9.15. The normalized spacial score (nSPS) is 11.9. The van der Waals surface area contributed by atoms with Gasteiger partial charge in [-0.25, -0.2) is 0 Å². The number of nitrogens with one attached hydrogen (secondary N) is 2. The van der Waals surface area contributed by atoms with Crippen LogP contribution in [0.3, 0.4) is 0 Å². The van der Waals surface area contributed by atoms with Gasteiger partial charge in [-0.2, -0.15) is 0 Å². The third-order valence-electron chi connectivity index (χ3n) is 2.16. The van der Waals surface area contributed by atoms with Gasteiger partial charge >= 0.3 is 11.8 Å². The lowest BCUT2D eigenvalue weighted by Crippen LogP contribution is -2.41. The van der Waals surface area contributed by atoms with Crippen molar-refractivity contribution >= 4 is 11.8 Å². The predicted octanol–water partition coefficient (Wildman–Crippen LogP) is 0.146. The van der Waals surface area contributed by atoms with Crippen LogP contribution in [-0.4, -0.2) is 30.9 Å². The highest BCUT2D eigenvalue weighted by molar-refractivity contribution is 6.35. The first-order chi connectivity index (χ1) is 7.57. The number of hydrogen-bond donors (Lipinski definition) is 3. The Bertz CT molecular complexity index is 217. The Hall–Kier alpha value is -1.10. The smallest absolute Gasteiger partial charge is 0.309 e. The third kappa shape index (κ3) is 8.23. The fourth-order valence-electron chi connectivity index (χ4n) is 1.15. The molecule has 16 heavy (non-hydrogen) atoms. The Morgan fingerprint density at radius 2 is 1.69 bits per heavy atom. The largest absolute Gasteiger partial charge is 0.348 e. The first-order valence-electron chi connectivity index (χ1n) is 5.89. The molecule has 0 rings (SSSR count). The number of hydrogen-bond acceptors (Lipinski definition) is 3. The summed E-state index contributed by atoms with van der Waals surface area (Å²) >= 11 is 0. The molecule has 0 bridgehead atoms. The molecule has 0 saturated carbocycles. The maximum absolute atomic E-state index is 11.2. The van der Waals surface area contributed by atoms with Gasteiger partial charge in [-0.3, -0.25) is 9.59 Å². The molecule has 0 aliphatic heterocycles. The molecule has 0 fully saturated rings. The van der Waals surface area contributed by atoms with E-state index in [0.29, 0.717) is 19.5 Å². The van der Waals surface area contributed by atoms with Crippen molar-refractivity contribution in [3.63, 3.8) is 0 Å². The van der Waals surface area contributed by atoms with E-state index in [4.69, 9.17) is 5.73 Å². The first kappa shape index (κ1) is 14.9. The number of carbonyl (C=O) groups is 2. The Kier molecular flexibility index (Phi) is 8.52. The van der Waals surface area contributed by atoms with Gasteiger partial charge in [0.05, 0.1) is 0 Å². The molecule has 0 aromatic heterocycles. The van der Waals surface area contributed by atoms with Crippen molar-refractivity contribution in [2.45, 2.75) is 45.6 Å². The van der Waals surface area contributed by atoms with E-state index in [1.165, 1.54) is 0 Å². The molecule has 5 heteroatoms. The van der Waals surface area contributed by atoms with Gasteiger partial charge in [-0.1, -0.05) is 19.8 Å². The van der Waals surface area contributed by atoms with E-state index in [-0.39, 0.29) is 6.04 Å². The zero-order valence-corrected chi connectivity index (χ0v) is 10.2. The average molecular weight is 229 g/mol. The van der Waals surface area contributed by atoms with E-state index in [9.17, 15) is 9.59 Å². The summed E-state index contributed by atoms with van der Waals surface area (Å²) < 4.78 is 0. The van der Waals surface area contributed by atoms with E-state index in [2.05, 4.69) is 17.6 Å². The fraction of sp³-hybridized carbons (Fsp3) is 0.818. The highest BCUT2D eigenvalue weighted by Gasteiger charge is 2.11. The van der Waals surface area contributed by atoms with Crippen LogP contribution < -0.4 is 16.4 Å². The van der Waals surface area contributed by atoms with Crippen LogP contribution >= 0.6 is 0 Å². The lowest BCUT2D eigenvalue weighted by molar-refractivity contribution is -0.139. The van der Waals surface area contributed by atoms with Gasteiger partial charge in [-0.05, 0) is 19.8 Å². The average Bonchev–Trinajstić information content (AvgIpc) is 2.23. The number of rotatable bonds is 7. The quantitative estimate of drug-likeness (QED) is 0.429. The Morgan fingerprint density at radius 3 is 2.19 bits per heavy atom. The zero-order chi connectivity index (χ0) is 12.4. The molecule has 1 unspecified atom stereocenters. The monoisotopic (exact) mass is 229 g/mol. The molecule has 1 atom stereocenters. The molecular weight excluding hydrogens is 206 g/mol. The van der Waals surface area contributed by atoms with Gasteiger partial charge in [0.2, 0.25) is 0 Å². The summed E-state index contributed by atoms with van der Waals surface area (Å²) in [5.41, 5.74) is 5.52. The maximum Gasteiger partial charge on any atom is 0.309 e. The summed E-state index contributed by atoms with van der Waals surface area (Å²) in [5.74, 6) is -1.13. The minimum absolute atomic E-state index is 0.0351. The van der Waals surface area contributed by atoms with Crippen LogP contribution in [0.15, 0.2) is 0 Å². The van der Waals surface area contributed by atoms with Gasteiger partial charge in [0, 0.05) is 19.1 Å². The van der Waals surface area contributed by atoms with Crippen molar-refractivity contribution in [2.75, 3.05) is 13.1 Å². The van der Waals surface area contributed by atoms with Crippen molar-refractivity contribution < 1.29 is 9.59 Å². The zero-order valence-electron chi connectivity index (χ0n) is 10.2. The number of unbranched alkanes of at least 4 members (excludes halogenated alkanes) is 2. The summed E-state index contributed by atoms with van der Waals surface area (Å²) in [6, 6.07) is 0.0351. The van der Waals surface area contributed by atoms with Crippen LogP contribution in [0.25, 0.3) is 0 Å². The second-order valence-electron chi connectivity index (χ2n) is 3.98. The molecule has 4 N–H and O–H groups in total. The lowest BCUT2D eigenvalue weighted by atomic mass is 10.2. The highest BCUT2D eigenvalue weighted by Crippen LogP contribution is 1.90. The van der Waals surface area contributed by atoms with E-state index in [1.54, 1.807) is 0 Å². The molecule has 5 nitrogen and oxygen atoms in total. The maximum atomic E-state index is 11.2. The standard InChI is InChI=1S/C11H23N3O2/c1-3-4-5-7-13-10(15)11(16)14-8-6-9(2)12/h9H,3-8,12H2,1-2H3,(H,13,15)(H,14,16). The Labute approximate surface area is 97.2 Å². The molecule has 0 aliphatic carbocycles. The molecule has 2 amide bonds. The number of amides is 2. The summed E-state index contributed by atoms with van der Waals surface area (Å²) in [5, 5.41) is 5.10. The molecule has 0 saturated heterocycles. The topological polar surface area (TPSA) is 84.2 Å². The van der Waals surface area contributed by atoms with Crippen LogP contribution in [0, 0.1) is 0 Å². The highest BCUT2D eigenvalue weighted by atomic mass is 16.2. The van der Waals surface area contributed by atoms with Crippen molar-refractivity contribution in [3.8, 4) is 0 Å². The van der Waals surface area contributed by atoms with Crippen molar-refractivity contribution in [3.05, 3.63) is 0 Å². The van der Waals surface area contributed by atoms with Gasteiger partial charge in [0.25, 0.3) is 0 Å². The minimum atomic E-state index is -0.572. The van der Waals surface area contributed by atoms with Crippen LogP contribution in [0.2, 0.25) is 0 Å². The molecule has 0 aromatic rings. The number of nitrogens with two attached hydrogens (primary N) is 1. The molecule has 0 aliphatic rings. The van der Waals surface area contributed by atoms with Crippen LogP contribution in [-0.2, 0) is 9.59 Å². The summed E-state index contributed by atoms with van der Waals surface area (Å²) in [6.45, 7) is 4.95. The molecule has 94 valence electrons. The van der Waals surface area contributed by atoms with Crippen molar-refractivity contribution in [1.82, 2.24) is 10.6 Å². The van der Waals surface area contributed by atoms with Crippen molar-refractivity contribution in [2.24, 2.45) is 5.73 Å². The molecule has 0 aromatic carbocycles. The third-order valence-corrected chi connectivity index (χ3v) is 2.16. The van der Waals surface area contributed by atoms with E-state index >= 15 is 0 Å². The number of carbonyl (C=O) groups excluding carboxylic acids is 2. The van der Waals surface area contributed by atoms with Gasteiger partial charge in [-0.15, -0.1) is 0 Å². The van der Waals surface area contributed by atoms with E-state index < -0.39 is 11.8 Å². The van der Waals surface area contributed by atoms with Crippen LogP contribution in [0.5, 0.6) is 0 Å².